The van der Waals surface area contributed by atoms with Crippen molar-refractivity contribution in [2.45, 2.75) is 105 Å². The Hall–Kier alpha value is -5.13. The van der Waals surface area contributed by atoms with Crippen LogP contribution in [0.1, 0.15) is 70.6 Å². The summed E-state index contributed by atoms with van der Waals surface area (Å²) < 4.78 is 41.2. The van der Waals surface area contributed by atoms with Crippen LogP contribution in [0.5, 0.6) is 5.88 Å². The normalized spacial score (nSPS) is 25.8. The van der Waals surface area contributed by atoms with Crippen LogP contribution >= 0.6 is 22.9 Å². The number of nitrogens with zero attached hydrogens (tertiary/aromatic N) is 4. The molecule has 1 aromatic carbocycles. The third kappa shape index (κ3) is 8.92. The first kappa shape index (κ1) is 40.6. The summed E-state index contributed by atoms with van der Waals surface area (Å²) >= 11 is 7.63. The third-order valence-electron chi connectivity index (χ3n) is 11.3. The van der Waals surface area contributed by atoms with Gasteiger partial charge in [0.15, 0.2) is 0 Å². The maximum absolute atomic E-state index is 14.7. The Bertz CT molecular complexity index is 2380. The number of allylic oxidation sites excluding steroid dienone is 1. The summed E-state index contributed by atoms with van der Waals surface area (Å²) in [5, 5.41) is 7.46. The van der Waals surface area contributed by atoms with Crippen LogP contribution in [0, 0.1) is 5.92 Å². The Kier molecular flexibility index (Phi) is 11.9. The second kappa shape index (κ2) is 17.2. The quantitative estimate of drug-likeness (QED) is 0.184. The number of amides is 4. The van der Waals surface area contributed by atoms with Crippen molar-refractivity contribution < 1.29 is 37.1 Å². The summed E-state index contributed by atoms with van der Waals surface area (Å²) in [6, 6.07) is 10.3. The van der Waals surface area contributed by atoms with Gasteiger partial charge in [-0.1, -0.05) is 54.8 Å². The number of hydrogen-bond donors (Lipinski definition) is 3. The van der Waals surface area contributed by atoms with Gasteiger partial charge >= 0.3 is 6.09 Å². The number of benzene rings is 1. The number of carbonyl (C=O) groups is 4. The van der Waals surface area contributed by atoms with Crippen molar-refractivity contribution in [2.24, 2.45) is 5.92 Å². The largest absolute Gasteiger partial charge is 0.471 e. The van der Waals surface area contributed by atoms with Crippen molar-refractivity contribution >= 4 is 67.8 Å². The number of fused-ring (bicyclic) bond motifs is 3. The number of halogens is 1. The van der Waals surface area contributed by atoms with Gasteiger partial charge in [-0.05, 0) is 81.0 Å². The van der Waals surface area contributed by atoms with Gasteiger partial charge in [0, 0.05) is 24.7 Å². The number of aromatic nitrogens is 3. The molecule has 1 saturated heterocycles. The van der Waals surface area contributed by atoms with Gasteiger partial charge in [-0.15, -0.1) is 11.3 Å². The van der Waals surface area contributed by atoms with Crippen LogP contribution < -0.4 is 20.1 Å². The van der Waals surface area contributed by atoms with Crippen molar-refractivity contribution in [3.63, 3.8) is 0 Å². The summed E-state index contributed by atoms with van der Waals surface area (Å²) in [6.07, 6.45) is 11.0. The van der Waals surface area contributed by atoms with Crippen LogP contribution in [-0.4, -0.2) is 88.5 Å². The fraction of sp³-hybridized carbons (Fsp3) is 0.439. The Labute approximate surface area is 350 Å². The molecule has 0 bridgehead atoms. The van der Waals surface area contributed by atoms with E-state index in [1.165, 1.54) is 28.5 Å². The molecule has 3 N–H and O–H groups in total. The number of thiophene rings is 1. The molecule has 2 aliphatic carbocycles. The molecule has 2 saturated carbocycles. The summed E-state index contributed by atoms with van der Waals surface area (Å²) in [4.78, 5) is 71.9. The first-order chi connectivity index (χ1) is 28.5. The fourth-order valence-electron chi connectivity index (χ4n) is 8.13. The molecule has 18 heteroatoms. The molecular formula is C41H44ClN7O8S2. The molecule has 0 spiro atoms. The van der Waals surface area contributed by atoms with Crippen molar-refractivity contribution in [1.29, 1.82) is 0 Å². The smallest absolute Gasteiger partial charge is 0.408 e. The molecule has 1 unspecified atom stereocenters. The van der Waals surface area contributed by atoms with E-state index in [4.69, 9.17) is 31.0 Å². The molecule has 4 aromatic rings. The van der Waals surface area contributed by atoms with Crippen molar-refractivity contribution in [3.8, 4) is 16.5 Å². The van der Waals surface area contributed by atoms with E-state index in [-0.39, 0.29) is 41.3 Å². The lowest BCUT2D eigenvalue weighted by atomic mass is 10.0. The minimum Gasteiger partial charge on any atom is -0.471 e. The monoisotopic (exact) mass is 861 g/mol. The highest BCUT2D eigenvalue weighted by Crippen LogP contribution is 2.46. The number of hydrogen-bond acceptors (Lipinski definition) is 12. The van der Waals surface area contributed by atoms with Crippen LogP contribution in [0.3, 0.4) is 0 Å². The number of para-hydroxylation sites is 2. The Morgan fingerprint density at radius 3 is 2.51 bits per heavy atom. The molecule has 2 aliphatic heterocycles. The zero-order valence-electron chi connectivity index (χ0n) is 32.0. The van der Waals surface area contributed by atoms with E-state index in [0.717, 1.165) is 49.6 Å². The van der Waals surface area contributed by atoms with Crippen LogP contribution in [0.2, 0.25) is 5.02 Å². The lowest BCUT2D eigenvalue weighted by molar-refractivity contribution is -0.141. The third-order valence-corrected chi connectivity index (χ3v) is 14.0. The minimum atomic E-state index is -4.49. The van der Waals surface area contributed by atoms with Gasteiger partial charge in [-0.3, -0.25) is 19.4 Å². The standard InChI is InChI=1S/C41H44ClN7O8S2/c42-28-18-19-43-23-34(28)59(54,55)48-39(52)41-22-25(41)11-4-2-1-3-5-16-31(46-40(53)57-26-12-6-7-13-26)38(51)49-24-27(21-32(49)36(50)47-41)56-37-35(33-17-10-20-58-33)44-29-14-8-9-15-30(29)45-37/h4,8-11,14-15,17-20,23,25-27,31-32H,1-3,5-7,12-13,16,21-22,24H2,(H,46,53)(H,47,50)(H,48,52)/b11-4+/t25?,27-,31-,32+,41-/m1/s1. The molecule has 5 heterocycles. The highest BCUT2D eigenvalue weighted by molar-refractivity contribution is 7.90. The van der Waals surface area contributed by atoms with Gasteiger partial charge in [0.1, 0.15) is 40.4 Å². The van der Waals surface area contributed by atoms with Gasteiger partial charge in [0.05, 0.1) is 27.5 Å². The summed E-state index contributed by atoms with van der Waals surface area (Å²) in [5.74, 6) is -2.44. The topological polar surface area (TPSA) is 199 Å². The highest BCUT2D eigenvalue weighted by atomic mass is 35.5. The Morgan fingerprint density at radius 1 is 0.966 bits per heavy atom. The first-order valence-corrected chi connectivity index (χ1v) is 22.7. The lowest BCUT2D eigenvalue weighted by Gasteiger charge is -2.30. The number of pyridine rings is 1. The van der Waals surface area contributed by atoms with E-state index in [1.807, 2.05) is 53.9 Å². The van der Waals surface area contributed by atoms with Crippen LogP contribution in [0.25, 0.3) is 21.6 Å². The molecule has 0 radical (unpaired) electrons. The van der Waals surface area contributed by atoms with E-state index in [9.17, 15) is 27.6 Å². The molecule has 3 fully saturated rings. The van der Waals surface area contributed by atoms with Crippen molar-refractivity contribution in [2.75, 3.05) is 6.54 Å². The summed E-state index contributed by atoms with van der Waals surface area (Å²) in [7, 11) is -4.49. The lowest BCUT2D eigenvalue weighted by Crippen LogP contribution is -2.58. The van der Waals surface area contributed by atoms with Crippen LogP contribution in [0.4, 0.5) is 4.79 Å². The molecule has 3 aromatic heterocycles. The zero-order valence-corrected chi connectivity index (χ0v) is 34.4. The Morgan fingerprint density at radius 2 is 1.75 bits per heavy atom. The van der Waals surface area contributed by atoms with Gasteiger partial charge in [0.25, 0.3) is 15.9 Å². The Balaban J connectivity index is 1.11. The average molecular weight is 862 g/mol. The second-order valence-corrected chi connectivity index (χ2v) is 18.4. The SMILES string of the molecule is O=C(N[C@@H]1CCCCC/C=C/C2C[C@@]2(C(=O)NS(=O)(=O)c2cnccc2Cl)NC(=O)[C@@H]2C[C@@H](Oc3nc4ccccc4nc3-c3cccs3)CN2C1=O)OC1CCCC1. The number of rotatable bonds is 8. The number of sulfonamides is 1. The van der Waals surface area contributed by atoms with E-state index in [2.05, 4.69) is 20.3 Å². The van der Waals surface area contributed by atoms with Gasteiger partial charge in [0.2, 0.25) is 17.7 Å². The predicted octanol–water partition coefficient (Wildman–Crippen LogP) is 5.69. The second-order valence-electron chi connectivity index (χ2n) is 15.4. The van der Waals surface area contributed by atoms with Crippen molar-refractivity contribution in [3.05, 3.63) is 77.4 Å². The molecule has 5 atom stereocenters. The highest BCUT2D eigenvalue weighted by Gasteiger charge is 2.62. The fourth-order valence-corrected chi connectivity index (χ4v) is 10.3. The van der Waals surface area contributed by atoms with Crippen molar-refractivity contribution in [1.82, 2.24) is 35.2 Å². The summed E-state index contributed by atoms with van der Waals surface area (Å²) in [5.41, 5.74) is 0.117. The number of ether oxygens (including phenoxy) is 2. The van der Waals surface area contributed by atoms with E-state index >= 15 is 0 Å². The van der Waals surface area contributed by atoms with E-state index < -0.39 is 63.5 Å². The molecule has 59 heavy (non-hydrogen) atoms. The first-order valence-electron chi connectivity index (χ1n) is 19.9. The van der Waals surface area contributed by atoms with E-state index in [1.54, 1.807) is 0 Å². The number of alkyl carbamates (subject to hydrolysis) is 1. The van der Waals surface area contributed by atoms with Gasteiger partial charge in [-0.25, -0.2) is 27.9 Å². The maximum Gasteiger partial charge on any atom is 0.408 e. The van der Waals surface area contributed by atoms with E-state index in [0.29, 0.717) is 36.0 Å². The number of carbonyl (C=O) groups excluding carboxylic acids is 4. The zero-order chi connectivity index (χ0) is 41.1. The summed E-state index contributed by atoms with van der Waals surface area (Å²) in [6.45, 7) is -0.0540. The van der Waals surface area contributed by atoms with Gasteiger partial charge < -0.3 is 25.0 Å². The van der Waals surface area contributed by atoms with Crippen LogP contribution in [-0.2, 0) is 29.1 Å². The number of nitrogens with one attached hydrogen (secondary N) is 3. The molecule has 4 aliphatic rings. The average Bonchev–Trinajstić information content (AvgIpc) is 3.71. The molecule has 8 rings (SSSR count). The maximum atomic E-state index is 14.7. The molecule has 310 valence electrons. The van der Waals surface area contributed by atoms with Gasteiger partial charge in [-0.2, -0.15) is 0 Å². The predicted molar refractivity (Wildman–Crippen MR) is 219 cm³/mol. The molecular weight excluding hydrogens is 818 g/mol. The van der Waals surface area contributed by atoms with Crippen LogP contribution in [0.15, 0.2) is 77.3 Å². The minimum absolute atomic E-state index is 0.00298. The molecule has 15 nitrogen and oxygen atoms in total. The molecule has 4 amide bonds.